The Balaban J connectivity index is 1.65. The van der Waals surface area contributed by atoms with Crippen molar-refractivity contribution in [3.63, 3.8) is 0 Å². The van der Waals surface area contributed by atoms with Crippen molar-refractivity contribution >= 4 is 33.2 Å². The zero-order valence-corrected chi connectivity index (χ0v) is 15.1. The van der Waals surface area contributed by atoms with Crippen LogP contribution < -0.4 is 4.72 Å². The lowest BCUT2D eigenvalue weighted by Gasteiger charge is -2.06. The Morgan fingerprint density at radius 3 is 2.44 bits per heavy atom. The van der Waals surface area contributed by atoms with Gasteiger partial charge in [-0.25, -0.2) is 13.1 Å². The first kappa shape index (κ1) is 17.9. The number of halogens is 2. The highest BCUT2D eigenvalue weighted by Crippen LogP contribution is 2.20. The topological polar surface area (TPSA) is 85.1 Å². The maximum absolute atomic E-state index is 12.2. The second kappa shape index (κ2) is 7.53. The second-order valence-electron chi connectivity index (χ2n) is 5.18. The summed E-state index contributed by atoms with van der Waals surface area (Å²) in [6.45, 7) is -0.104. The number of sulfonamides is 1. The molecule has 0 bridgehead atoms. The van der Waals surface area contributed by atoms with E-state index in [9.17, 15) is 8.42 Å². The van der Waals surface area contributed by atoms with Crippen molar-refractivity contribution < 1.29 is 12.8 Å². The molecule has 0 amide bonds. The van der Waals surface area contributed by atoms with Gasteiger partial charge in [0, 0.05) is 15.6 Å². The molecule has 0 radical (unpaired) electrons. The Labute approximate surface area is 154 Å². The standard InChI is InChI=1S/C16H13Cl2N3O3S/c17-13-7-5-11(6-8-13)16-21-20-15(24-16)9-19-25(22,23)10-12-3-1-2-4-14(12)18/h1-8,19H,9-10H2. The smallest absolute Gasteiger partial charge is 0.247 e. The fourth-order valence-corrected chi connectivity index (χ4v) is 3.59. The summed E-state index contributed by atoms with van der Waals surface area (Å²) in [5, 5.41) is 8.73. The van der Waals surface area contributed by atoms with Crippen molar-refractivity contribution in [2.45, 2.75) is 12.3 Å². The van der Waals surface area contributed by atoms with Gasteiger partial charge in [-0.05, 0) is 35.9 Å². The van der Waals surface area contributed by atoms with Crippen LogP contribution in [-0.2, 0) is 22.3 Å². The van der Waals surface area contributed by atoms with Crippen molar-refractivity contribution in [3.05, 3.63) is 70.0 Å². The van der Waals surface area contributed by atoms with Gasteiger partial charge in [0.05, 0.1) is 12.3 Å². The normalized spacial score (nSPS) is 11.6. The highest BCUT2D eigenvalue weighted by molar-refractivity contribution is 7.88. The first-order chi connectivity index (χ1) is 11.9. The molecule has 0 aliphatic carbocycles. The fourth-order valence-electron chi connectivity index (χ4n) is 2.08. The molecule has 6 nitrogen and oxygen atoms in total. The highest BCUT2D eigenvalue weighted by atomic mass is 35.5. The van der Waals surface area contributed by atoms with E-state index in [1.165, 1.54) is 0 Å². The van der Waals surface area contributed by atoms with Crippen LogP contribution in [0.1, 0.15) is 11.5 Å². The minimum absolute atomic E-state index is 0.104. The van der Waals surface area contributed by atoms with Crippen molar-refractivity contribution in [1.29, 1.82) is 0 Å². The molecule has 0 aliphatic rings. The summed E-state index contributed by atoms with van der Waals surface area (Å²) in [6.07, 6.45) is 0. The number of benzene rings is 2. The number of hydrogen-bond donors (Lipinski definition) is 1. The van der Waals surface area contributed by atoms with E-state index in [1.54, 1.807) is 48.5 Å². The predicted molar refractivity (Wildman–Crippen MR) is 95.7 cm³/mol. The number of aromatic nitrogens is 2. The Hall–Kier alpha value is -1.93. The minimum Gasteiger partial charge on any atom is -0.419 e. The Kier molecular flexibility index (Phi) is 5.39. The van der Waals surface area contributed by atoms with E-state index < -0.39 is 10.0 Å². The number of nitrogens with one attached hydrogen (secondary N) is 1. The molecule has 25 heavy (non-hydrogen) atoms. The summed E-state index contributed by atoms with van der Waals surface area (Å²) in [5.74, 6) is 0.217. The molecular weight excluding hydrogens is 385 g/mol. The maximum atomic E-state index is 12.2. The molecule has 0 atom stereocenters. The van der Waals surface area contributed by atoms with E-state index >= 15 is 0 Å². The van der Waals surface area contributed by atoms with Crippen molar-refractivity contribution in [1.82, 2.24) is 14.9 Å². The molecule has 130 valence electrons. The average molecular weight is 398 g/mol. The zero-order valence-electron chi connectivity index (χ0n) is 12.8. The van der Waals surface area contributed by atoms with Crippen LogP contribution in [0.5, 0.6) is 0 Å². The van der Waals surface area contributed by atoms with Crippen LogP contribution in [0.25, 0.3) is 11.5 Å². The van der Waals surface area contributed by atoms with Crippen LogP contribution in [0, 0.1) is 0 Å². The third kappa shape index (κ3) is 4.79. The van der Waals surface area contributed by atoms with Gasteiger partial charge in [0.1, 0.15) is 0 Å². The lowest BCUT2D eigenvalue weighted by molar-refractivity contribution is 0.494. The Morgan fingerprint density at radius 1 is 1.00 bits per heavy atom. The number of rotatable bonds is 6. The summed E-state index contributed by atoms with van der Waals surface area (Å²) in [4.78, 5) is 0. The van der Waals surface area contributed by atoms with Gasteiger partial charge in [0.25, 0.3) is 0 Å². The third-order valence-electron chi connectivity index (χ3n) is 3.30. The van der Waals surface area contributed by atoms with Crippen LogP contribution in [-0.4, -0.2) is 18.6 Å². The van der Waals surface area contributed by atoms with Crippen molar-refractivity contribution in [2.75, 3.05) is 0 Å². The van der Waals surface area contributed by atoms with E-state index in [0.29, 0.717) is 21.2 Å². The molecule has 0 saturated heterocycles. The van der Waals surface area contributed by atoms with E-state index in [-0.39, 0.29) is 24.1 Å². The lowest BCUT2D eigenvalue weighted by Crippen LogP contribution is -2.25. The molecule has 1 N–H and O–H groups in total. The van der Waals surface area contributed by atoms with Gasteiger partial charge >= 0.3 is 0 Å². The highest BCUT2D eigenvalue weighted by Gasteiger charge is 2.16. The minimum atomic E-state index is -3.60. The summed E-state index contributed by atoms with van der Waals surface area (Å²) in [7, 11) is -3.60. The first-order valence-corrected chi connectivity index (χ1v) is 9.63. The van der Waals surface area contributed by atoms with E-state index in [0.717, 1.165) is 0 Å². The van der Waals surface area contributed by atoms with Crippen LogP contribution >= 0.6 is 23.2 Å². The molecule has 1 aromatic heterocycles. The number of hydrogen-bond acceptors (Lipinski definition) is 5. The number of nitrogens with zero attached hydrogens (tertiary/aromatic N) is 2. The summed E-state index contributed by atoms with van der Waals surface area (Å²) >= 11 is 11.8. The van der Waals surface area contributed by atoms with Crippen LogP contribution in [0.4, 0.5) is 0 Å². The third-order valence-corrected chi connectivity index (χ3v) is 5.20. The molecule has 0 unspecified atom stereocenters. The SMILES string of the molecule is O=S(=O)(Cc1ccccc1Cl)NCc1nnc(-c2ccc(Cl)cc2)o1. The monoisotopic (exact) mass is 397 g/mol. The fraction of sp³-hybridized carbons (Fsp3) is 0.125. The van der Waals surface area contributed by atoms with E-state index in [1.807, 2.05) is 0 Å². The molecule has 1 heterocycles. The molecule has 0 spiro atoms. The van der Waals surface area contributed by atoms with Crippen molar-refractivity contribution in [3.8, 4) is 11.5 Å². The molecular formula is C16H13Cl2N3O3S. The molecule has 3 rings (SSSR count). The van der Waals surface area contributed by atoms with Crippen molar-refractivity contribution in [2.24, 2.45) is 0 Å². The van der Waals surface area contributed by atoms with Crippen LogP contribution in [0.2, 0.25) is 10.0 Å². The van der Waals surface area contributed by atoms with E-state index in [2.05, 4.69) is 14.9 Å². The van der Waals surface area contributed by atoms with Gasteiger partial charge in [-0.2, -0.15) is 0 Å². The lowest BCUT2D eigenvalue weighted by atomic mass is 10.2. The second-order valence-corrected chi connectivity index (χ2v) is 7.83. The molecule has 9 heteroatoms. The van der Waals surface area contributed by atoms with Gasteiger partial charge in [0.15, 0.2) is 0 Å². The van der Waals surface area contributed by atoms with E-state index in [4.69, 9.17) is 27.6 Å². The molecule has 3 aromatic rings. The van der Waals surface area contributed by atoms with Gasteiger partial charge in [-0.1, -0.05) is 41.4 Å². The Bertz CT molecular complexity index is 972. The zero-order chi connectivity index (χ0) is 17.9. The maximum Gasteiger partial charge on any atom is 0.247 e. The predicted octanol–water partition coefficient (Wildman–Crippen LogP) is 3.66. The summed E-state index contributed by atoms with van der Waals surface area (Å²) in [6, 6.07) is 13.6. The molecule has 0 saturated carbocycles. The van der Waals surface area contributed by atoms with Gasteiger partial charge in [0.2, 0.25) is 21.8 Å². The summed E-state index contributed by atoms with van der Waals surface area (Å²) < 4.78 is 32.2. The molecule has 2 aromatic carbocycles. The van der Waals surface area contributed by atoms with Gasteiger partial charge < -0.3 is 4.42 Å². The molecule has 0 aliphatic heterocycles. The van der Waals surface area contributed by atoms with Crippen LogP contribution in [0.3, 0.4) is 0 Å². The van der Waals surface area contributed by atoms with Gasteiger partial charge in [-0.3, -0.25) is 0 Å². The largest absolute Gasteiger partial charge is 0.419 e. The first-order valence-electron chi connectivity index (χ1n) is 7.22. The average Bonchev–Trinajstić information content (AvgIpc) is 3.05. The van der Waals surface area contributed by atoms with Crippen LogP contribution in [0.15, 0.2) is 52.9 Å². The Morgan fingerprint density at radius 2 is 1.72 bits per heavy atom. The molecule has 0 fully saturated rings. The van der Waals surface area contributed by atoms with Gasteiger partial charge in [-0.15, -0.1) is 10.2 Å². The quantitative estimate of drug-likeness (QED) is 0.685. The summed E-state index contributed by atoms with van der Waals surface area (Å²) in [5.41, 5.74) is 1.21.